The van der Waals surface area contributed by atoms with E-state index in [-0.39, 0.29) is 11.9 Å². The Balaban J connectivity index is 2.18. The van der Waals surface area contributed by atoms with Crippen molar-refractivity contribution in [3.05, 3.63) is 30.1 Å². The number of hydrogen-bond acceptors (Lipinski definition) is 4. The van der Waals surface area contributed by atoms with Crippen LogP contribution in [-0.2, 0) is 4.79 Å². The molecule has 19 heavy (non-hydrogen) atoms. The summed E-state index contributed by atoms with van der Waals surface area (Å²) in [5.74, 6) is 1.13. The van der Waals surface area contributed by atoms with Gasteiger partial charge in [0.2, 0.25) is 5.91 Å². The lowest BCUT2D eigenvalue weighted by Gasteiger charge is -2.09. The van der Waals surface area contributed by atoms with E-state index in [1.807, 2.05) is 45.0 Å². The molecule has 0 atom stereocenters. The minimum absolute atomic E-state index is 0.0281. The van der Waals surface area contributed by atoms with Crippen LogP contribution < -0.4 is 5.32 Å². The zero-order valence-electron chi connectivity index (χ0n) is 11.3. The van der Waals surface area contributed by atoms with Crippen molar-refractivity contribution in [2.24, 2.45) is 0 Å². The molecule has 1 aromatic carbocycles. The third-order valence-corrected chi connectivity index (χ3v) is 3.46. The van der Waals surface area contributed by atoms with Gasteiger partial charge in [-0.05, 0) is 26.8 Å². The Kier molecular flexibility index (Phi) is 4.37. The normalized spacial score (nSPS) is 10.9. The maximum atomic E-state index is 11.7. The Hall–Kier alpha value is -1.62. The number of aryl methyl sites for hydroxylation is 1. The summed E-state index contributed by atoms with van der Waals surface area (Å²) in [4.78, 5) is 20.5. The van der Waals surface area contributed by atoms with Crippen molar-refractivity contribution in [1.82, 2.24) is 15.3 Å². The van der Waals surface area contributed by atoms with Gasteiger partial charge in [-0.1, -0.05) is 30.0 Å². The van der Waals surface area contributed by atoms with Crippen LogP contribution in [0.5, 0.6) is 0 Å². The Morgan fingerprint density at radius 3 is 2.79 bits per heavy atom. The van der Waals surface area contributed by atoms with Crippen molar-refractivity contribution in [3.8, 4) is 0 Å². The number of carbonyl (C=O) groups is 1. The van der Waals surface area contributed by atoms with Crippen LogP contribution in [0, 0.1) is 6.92 Å². The van der Waals surface area contributed by atoms with E-state index in [9.17, 15) is 4.79 Å². The van der Waals surface area contributed by atoms with E-state index < -0.39 is 0 Å². The molecule has 0 spiro atoms. The second-order valence-corrected chi connectivity index (χ2v) is 5.57. The highest BCUT2D eigenvalue weighted by atomic mass is 32.2. The van der Waals surface area contributed by atoms with Gasteiger partial charge >= 0.3 is 0 Å². The van der Waals surface area contributed by atoms with E-state index in [2.05, 4.69) is 15.3 Å². The molecule has 4 nitrogen and oxygen atoms in total. The van der Waals surface area contributed by atoms with E-state index in [1.165, 1.54) is 11.8 Å². The molecule has 1 heterocycles. The SMILES string of the molecule is Cc1nc(SCC(=O)NC(C)C)c2ccccc2n1. The first-order chi connectivity index (χ1) is 9.06. The standard InChI is InChI=1S/C14H17N3OS/c1-9(2)15-13(18)8-19-14-11-6-4-5-7-12(11)16-10(3)17-14/h4-7,9H,8H2,1-3H3,(H,15,18). The fourth-order valence-corrected chi connectivity index (χ4v) is 2.64. The lowest BCUT2D eigenvalue weighted by molar-refractivity contribution is -0.119. The number of rotatable bonds is 4. The van der Waals surface area contributed by atoms with Gasteiger partial charge < -0.3 is 5.32 Å². The topological polar surface area (TPSA) is 54.9 Å². The second-order valence-electron chi connectivity index (χ2n) is 4.60. The Labute approximate surface area is 117 Å². The summed E-state index contributed by atoms with van der Waals surface area (Å²) in [7, 11) is 0. The van der Waals surface area contributed by atoms with Crippen molar-refractivity contribution in [3.63, 3.8) is 0 Å². The minimum atomic E-state index is 0.0281. The predicted molar refractivity (Wildman–Crippen MR) is 78.3 cm³/mol. The molecule has 1 amide bonds. The highest BCUT2D eigenvalue weighted by Crippen LogP contribution is 2.24. The molecular weight excluding hydrogens is 258 g/mol. The zero-order chi connectivity index (χ0) is 13.8. The lowest BCUT2D eigenvalue weighted by atomic mass is 10.2. The van der Waals surface area contributed by atoms with Gasteiger partial charge in [-0.15, -0.1) is 0 Å². The molecule has 0 aliphatic carbocycles. The van der Waals surface area contributed by atoms with E-state index in [4.69, 9.17) is 0 Å². The van der Waals surface area contributed by atoms with E-state index in [0.29, 0.717) is 5.75 Å². The molecule has 2 aromatic rings. The largest absolute Gasteiger partial charge is 0.353 e. The van der Waals surface area contributed by atoms with Crippen molar-refractivity contribution < 1.29 is 4.79 Å². The maximum Gasteiger partial charge on any atom is 0.230 e. The number of aromatic nitrogens is 2. The highest BCUT2D eigenvalue weighted by molar-refractivity contribution is 8.00. The van der Waals surface area contributed by atoms with Crippen molar-refractivity contribution in [1.29, 1.82) is 0 Å². The number of nitrogens with one attached hydrogen (secondary N) is 1. The quantitative estimate of drug-likeness (QED) is 0.688. The first-order valence-corrected chi connectivity index (χ1v) is 7.20. The fourth-order valence-electron chi connectivity index (χ4n) is 1.77. The van der Waals surface area contributed by atoms with Gasteiger partial charge in [-0.2, -0.15) is 0 Å². The summed E-state index contributed by atoms with van der Waals surface area (Å²) >= 11 is 1.45. The number of carbonyl (C=O) groups excluding carboxylic acids is 1. The molecular formula is C14H17N3OS. The molecule has 0 aliphatic rings. The molecule has 100 valence electrons. The molecule has 5 heteroatoms. The number of para-hydroxylation sites is 1. The summed E-state index contributed by atoms with van der Waals surface area (Å²) in [5, 5.41) is 4.73. The van der Waals surface area contributed by atoms with Gasteiger partial charge in [-0.25, -0.2) is 9.97 Å². The van der Waals surface area contributed by atoms with E-state index in [1.54, 1.807) is 0 Å². The second kappa shape index (κ2) is 6.02. The highest BCUT2D eigenvalue weighted by Gasteiger charge is 2.09. The number of thioether (sulfide) groups is 1. The van der Waals surface area contributed by atoms with Crippen molar-refractivity contribution >= 4 is 28.6 Å². The van der Waals surface area contributed by atoms with Gasteiger partial charge in [0.05, 0.1) is 11.3 Å². The molecule has 0 fully saturated rings. The van der Waals surface area contributed by atoms with Crippen molar-refractivity contribution in [2.45, 2.75) is 31.8 Å². The van der Waals surface area contributed by atoms with Crippen LogP contribution in [0.2, 0.25) is 0 Å². The number of benzene rings is 1. The molecule has 1 aromatic heterocycles. The summed E-state index contributed by atoms with van der Waals surface area (Å²) < 4.78 is 0. The maximum absolute atomic E-state index is 11.7. The zero-order valence-corrected chi connectivity index (χ0v) is 12.1. The summed E-state index contributed by atoms with van der Waals surface area (Å²) in [6, 6.07) is 8.02. The Morgan fingerprint density at radius 1 is 1.32 bits per heavy atom. The third kappa shape index (κ3) is 3.67. The molecule has 0 unspecified atom stereocenters. The van der Waals surface area contributed by atoms with Crippen LogP contribution in [-0.4, -0.2) is 27.7 Å². The molecule has 1 N–H and O–H groups in total. The van der Waals surface area contributed by atoms with Crippen molar-refractivity contribution in [2.75, 3.05) is 5.75 Å². The average molecular weight is 275 g/mol. The minimum Gasteiger partial charge on any atom is -0.353 e. The van der Waals surface area contributed by atoms with Crippen LogP contribution in [0.25, 0.3) is 10.9 Å². The number of hydrogen-bond donors (Lipinski definition) is 1. The fraction of sp³-hybridized carbons (Fsp3) is 0.357. The van der Waals surface area contributed by atoms with Crippen LogP contribution >= 0.6 is 11.8 Å². The third-order valence-electron chi connectivity index (χ3n) is 2.47. The molecule has 0 saturated carbocycles. The first-order valence-electron chi connectivity index (χ1n) is 6.22. The van der Waals surface area contributed by atoms with Gasteiger partial charge in [0, 0.05) is 11.4 Å². The van der Waals surface area contributed by atoms with Gasteiger partial charge in [0.1, 0.15) is 10.9 Å². The Morgan fingerprint density at radius 2 is 2.05 bits per heavy atom. The smallest absolute Gasteiger partial charge is 0.230 e. The first kappa shape index (κ1) is 13.8. The molecule has 2 rings (SSSR count). The van der Waals surface area contributed by atoms with Gasteiger partial charge in [-0.3, -0.25) is 4.79 Å². The number of amides is 1. The monoisotopic (exact) mass is 275 g/mol. The predicted octanol–water partition coefficient (Wildman–Crippen LogP) is 2.55. The van der Waals surface area contributed by atoms with Crippen LogP contribution in [0.3, 0.4) is 0 Å². The summed E-state index contributed by atoms with van der Waals surface area (Å²) in [5.41, 5.74) is 0.918. The number of fused-ring (bicyclic) bond motifs is 1. The summed E-state index contributed by atoms with van der Waals surface area (Å²) in [6.45, 7) is 5.77. The lowest BCUT2D eigenvalue weighted by Crippen LogP contribution is -2.31. The van der Waals surface area contributed by atoms with E-state index >= 15 is 0 Å². The van der Waals surface area contributed by atoms with E-state index in [0.717, 1.165) is 21.8 Å². The number of nitrogens with zero attached hydrogens (tertiary/aromatic N) is 2. The van der Waals surface area contributed by atoms with Gasteiger partial charge in [0.15, 0.2) is 0 Å². The average Bonchev–Trinajstić information content (AvgIpc) is 2.35. The van der Waals surface area contributed by atoms with Crippen LogP contribution in [0.4, 0.5) is 0 Å². The molecule has 0 saturated heterocycles. The summed E-state index contributed by atoms with van der Waals surface area (Å²) in [6.07, 6.45) is 0. The van der Waals surface area contributed by atoms with Crippen LogP contribution in [0.15, 0.2) is 29.3 Å². The van der Waals surface area contributed by atoms with Gasteiger partial charge in [0.25, 0.3) is 0 Å². The molecule has 0 radical (unpaired) electrons. The molecule has 0 bridgehead atoms. The van der Waals surface area contributed by atoms with Crippen LogP contribution in [0.1, 0.15) is 19.7 Å². The Bertz CT molecular complexity index is 598. The molecule has 0 aliphatic heterocycles.